The van der Waals surface area contributed by atoms with Crippen LogP contribution < -0.4 is 5.32 Å². The predicted octanol–water partition coefficient (Wildman–Crippen LogP) is 2.14. The van der Waals surface area contributed by atoms with Gasteiger partial charge in [0.15, 0.2) is 0 Å². The van der Waals surface area contributed by atoms with Gasteiger partial charge in [-0.15, -0.1) is 0 Å². The predicted molar refractivity (Wildman–Crippen MR) is 74.2 cm³/mol. The van der Waals surface area contributed by atoms with E-state index >= 15 is 0 Å². The van der Waals surface area contributed by atoms with Gasteiger partial charge in [0.25, 0.3) is 0 Å². The molecule has 0 unspecified atom stereocenters. The van der Waals surface area contributed by atoms with Crippen molar-refractivity contribution < 1.29 is 19.1 Å². The second-order valence-corrected chi connectivity index (χ2v) is 3.84. The molecule has 0 aliphatic heterocycles. The van der Waals surface area contributed by atoms with Crippen molar-refractivity contribution in [3.63, 3.8) is 0 Å². The lowest BCUT2D eigenvalue weighted by Crippen LogP contribution is -2.07. The lowest BCUT2D eigenvalue weighted by Gasteiger charge is -2.05. The third kappa shape index (κ3) is 4.72. The highest BCUT2D eigenvalue weighted by Gasteiger charge is 2.07. The molecule has 0 saturated heterocycles. The molecule has 20 heavy (non-hydrogen) atoms. The van der Waals surface area contributed by atoms with Crippen molar-refractivity contribution in [2.75, 3.05) is 18.5 Å². The van der Waals surface area contributed by atoms with Gasteiger partial charge in [0, 0.05) is 12.4 Å². The SMILES string of the molecule is CCOC(=O)/C(C)=C/Nc1ccc(C(=O)OCC)cn1. The Morgan fingerprint density at radius 1 is 1.25 bits per heavy atom. The van der Waals surface area contributed by atoms with Crippen molar-refractivity contribution in [2.24, 2.45) is 0 Å². The highest BCUT2D eigenvalue weighted by Crippen LogP contribution is 2.07. The van der Waals surface area contributed by atoms with Crippen LogP contribution in [0.3, 0.4) is 0 Å². The standard InChI is InChI=1S/C14H18N2O4/c1-4-19-13(17)10(3)8-15-12-7-6-11(9-16-12)14(18)20-5-2/h6-9H,4-5H2,1-3H3,(H,15,16)/b10-8+. The van der Waals surface area contributed by atoms with Gasteiger partial charge in [-0.05, 0) is 32.9 Å². The lowest BCUT2D eigenvalue weighted by molar-refractivity contribution is -0.138. The van der Waals surface area contributed by atoms with Gasteiger partial charge in [0.2, 0.25) is 0 Å². The monoisotopic (exact) mass is 278 g/mol. The Morgan fingerprint density at radius 3 is 2.50 bits per heavy atom. The molecule has 6 heteroatoms. The van der Waals surface area contributed by atoms with Crippen molar-refractivity contribution in [3.8, 4) is 0 Å². The molecule has 0 aliphatic carbocycles. The van der Waals surface area contributed by atoms with Gasteiger partial charge in [0.1, 0.15) is 5.82 Å². The highest BCUT2D eigenvalue weighted by atomic mass is 16.5. The van der Waals surface area contributed by atoms with Gasteiger partial charge in [0.05, 0.1) is 24.4 Å². The molecule has 1 N–H and O–H groups in total. The van der Waals surface area contributed by atoms with Crippen LogP contribution in [-0.2, 0) is 14.3 Å². The molecule has 0 amide bonds. The molecular formula is C14H18N2O4. The molecule has 1 aromatic rings. The number of hydrogen-bond acceptors (Lipinski definition) is 6. The quantitative estimate of drug-likeness (QED) is 0.634. The summed E-state index contributed by atoms with van der Waals surface area (Å²) in [6.07, 6.45) is 2.91. The minimum atomic E-state index is -0.412. The Balaban J connectivity index is 2.64. The van der Waals surface area contributed by atoms with E-state index in [1.54, 1.807) is 32.9 Å². The number of nitrogens with zero attached hydrogens (tertiary/aromatic N) is 1. The summed E-state index contributed by atoms with van der Waals surface area (Å²) in [6.45, 7) is 5.77. The first-order valence-electron chi connectivity index (χ1n) is 6.32. The molecule has 0 atom stereocenters. The number of aromatic nitrogens is 1. The summed E-state index contributed by atoms with van der Waals surface area (Å²) >= 11 is 0. The van der Waals surface area contributed by atoms with Crippen LogP contribution in [0.15, 0.2) is 30.1 Å². The zero-order valence-electron chi connectivity index (χ0n) is 11.8. The summed E-state index contributed by atoms with van der Waals surface area (Å²) in [5, 5.41) is 2.86. The van der Waals surface area contributed by atoms with Gasteiger partial charge in [-0.1, -0.05) is 0 Å². The first kappa shape index (κ1) is 15.7. The van der Waals surface area contributed by atoms with Crippen molar-refractivity contribution in [3.05, 3.63) is 35.7 Å². The van der Waals surface area contributed by atoms with Crippen LogP contribution in [0, 0.1) is 0 Å². The number of pyridine rings is 1. The maximum Gasteiger partial charge on any atom is 0.339 e. The van der Waals surface area contributed by atoms with Crippen LogP contribution in [0.2, 0.25) is 0 Å². The molecule has 0 fully saturated rings. The molecule has 108 valence electrons. The largest absolute Gasteiger partial charge is 0.463 e. The minimum Gasteiger partial charge on any atom is -0.463 e. The molecule has 0 saturated carbocycles. The van der Waals surface area contributed by atoms with E-state index in [0.29, 0.717) is 30.2 Å². The normalized spacial score (nSPS) is 10.8. The van der Waals surface area contributed by atoms with E-state index in [0.717, 1.165) is 0 Å². The number of ether oxygens (including phenoxy) is 2. The van der Waals surface area contributed by atoms with Crippen LogP contribution >= 0.6 is 0 Å². The van der Waals surface area contributed by atoms with Crippen LogP contribution in [0.25, 0.3) is 0 Å². The number of anilines is 1. The number of hydrogen-bond donors (Lipinski definition) is 1. The maximum atomic E-state index is 11.4. The molecule has 0 radical (unpaired) electrons. The Labute approximate surface area is 117 Å². The first-order chi connectivity index (χ1) is 9.58. The van der Waals surface area contributed by atoms with Crippen molar-refractivity contribution in [1.82, 2.24) is 4.98 Å². The third-order valence-electron chi connectivity index (χ3n) is 2.31. The summed E-state index contributed by atoms with van der Waals surface area (Å²) in [6, 6.07) is 3.22. The topological polar surface area (TPSA) is 77.5 Å². The Bertz CT molecular complexity index is 494. The number of rotatable bonds is 6. The van der Waals surface area contributed by atoms with E-state index in [1.165, 1.54) is 12.4 Å². The number of nitrogens with one attached hydrogen (secondary N) is 1. The molecule has 6 nitrogen and oxygen atoms in total. The lowest BCUT2D eigenvalue weighted by atomic mass is 10.3. The van der Waals surface area contributed by atoms with E-state index in [4.69, 9.17) is 9.47 Å². The Morgan fingerprint density at radius 2 is 1.95 bits per heavy atom. The van der Waals surface area contributed by atoms with E-state index in [9.17, 15) is 9.59 Å². The fraction of sp³-hybridized carbons (Fsp3) is 0.357. The number of esters is 2. The Kier molecular flexibility index (Phi) is 6.22. The van der Waals surface area contributed by atoms with Crippen LogP contribution in [-0.4, -0.2) is 30.1 Å². The summed E-state index contributed by atoms with van der Waals surface area (Å²) in [5.74, 6) is -0.283. The first-order valence-corrected chi connectivity index (χ1v) is 6.32. The van der Waals surface area contributed by atoms with E-state index in [1.807, 2.05) is 0 Å². The Hall–Kier alpha value is -2.37. The molecular weight excluding hydrogens is 260 g/mol. The van der Waals surface area contributed by atoms with Crippen LogP contribution in [0.1, 0.15) is 31.1 Å². The molecule has 1 aromatic heterocycles. The molecule has 0 bridgehead atoms. The third-order valence-corrected chi connectivity index (χ3v) is 2.31. The highest BCUT2D eigenvalue weighted by molar-refractivity contribution is 5.89. The second-order valence-electron chi connectivity index (χ2n) is 3.84. The zero-order chi connectivity index (χ0) is 15.0. The summed E-state index contributed by atoms with van der Waals surface area (Å²) in [4.78, 5) is 26.8. The maximum absolute atomic E-state index is 11.4. The second kappa shape index (κ2) is 7.93. The van der Waals surface area contributed by atoms with Gasteiger partial charge in [-0.3, -0.25) is 0 Å². The molecule has 0 aliphatic rings. The van der Waals surface area contributed by atoms with E-state index in [2.05, 4.69) is 10.3 Å². The van der Waals surface area contributed by atoms with E-state index in [-0.39, 0.29) is 5.97 Å². The molecule has 0 aromatic carbocycles. The van der Waals surface area contributed by atoms with Gasteiger partial charge in [-0.25, -0.2) is 14.6 Å². The smallest absolute Gasteiger partial charge is 0.339 e. The average molecular weight is 278 g/mol. The molecule has 1 heterocycles. The summed E-state index contributed by atoms with van der Waals surface area (Å²) < 4.78 is 9.69. The average Bonchev–Trinajstić information content (AvgIpc) is 2.45. The fourth-order valence-electron chi connectivity index (χ4n) is 1.30. The van der Waals surface area contributed by atoms with Crippen molar-refractivity contribution in [2.45, 2.75) is 20.8 Å². The van der Waals surface area contributed by atoms with Crippen LogP contribution in [0.5, 0.6) is 0 Å². The summed E-state index contributed by atoms with van der Waals surface area (Å²) in [5.41, 5.74) is 0.812. The molecule has 0 spiro atoms. The van der Waals surface area contributed by atoms with Gasteiger partial charge in [-0.2, -0.15) is 0 Å². The van der Waals surface area contributed by atoms with Gasteiger partial charge >= 0.3 is 11.9 Å². The van der Waals surface area contributed by atoms with Crippen LogP contribution in [0.4, 0.5) is 5.82 Å². The van der Waals surface area contributed by atoms with E-state index < -0.39 is 5.97 Å². The summed E-state index contributed by atoms with van der Waals surface area (Å²) in [7, 11) is 0. The van der Waals surface area contributed by atoms with Crippen molar-refractivity contribution in [1.29, 1.82) is 0 Å². The van der Waals surface area contributed by atoms with Crippen molar-refractivity contribution >= 4 is 17.8 Å². The number of carbonyl (C=O) groups is 2. The minimum absolute atomic E-state index is 0.320. The number of carbonyl (C=O) groups excluding carboxylic acids is 2. The molecule has 1 rings (SSSR count). The fourth-order valence-corrected chi connectivity index (χ4v) is 1.30. The van der Waals surface area contributed by atoms with Gasteiger partial charge < -0.3 is 14.8 Å². The zero-order valence-corrected chi connectivity index (χ0v) is 11.8.